The standard InChI is InChI=1S/C20H26N6O/c1-15-21-18-8-9-26(20(27)23-16-6-4-3-5-7-16)14-17(18)19(22-15)25-12-10-24(2)11-13-25/h3-7H,8-14H2,1-2H3,(H,23,27). The van der Waals surface area contributed by atoms with Crippen molar-refractivity contribution in [3.05, 3.63) is 47.4 Å². The Morgan fingerprint density at radius 1 is 1.04 bits per heavy atom. The number of amides is 2. The molecule has 1 saturated heterocycles. The molecule has 2 aliphatic heterocycles. The van der Waals surface area contributed by atoms with Gasteiger partial charge >= 0.3 is 6.03 Å². The van der Waals surface area contributed by atoms with Gasteiger partial charge < -0.3 is 20.0 Å². The molecule has 0 radical (unpaired) electrons. The summed E-state index contributed by atoms with van der Waals surface area (Å²) >= 11 is 0. The van der Waals surface area contributed by atoms with E-state index >= 15 is 0 Å². The summed E-state index contributed by atoms with van der Waals surface area (Å²) in [5.41, 5.74) is 2.99. The molecule has 1 aromatic carbocycles. The lowest BCUT2D eigenvalue weighted by Crippen LogP contribution is -2.46. The van der Waals surface area contributed by atoms with Crippen LogP contribution in [-0.4, -0.2) is 65.6 Å². The number of anilines is 2. The number of aromatic nitrogens is 2. The second-order valence-electron chi connectivity index (χ2n) is 7.28. The van der Waals surface area contributed by atoms with Crippen molar-refractivity contribution in [3.8, 4) is 0 Å². The highest BCUT2D eigenvalue weighted by molar-refractivity contribution is 5.89. The minimum absolute atomic E-state index is 0.0725. The van der Waals surface area contributed by atoms with Crippen LogP contribution in [0.15, 0.2) is 30.3 Å². The number of hydrogen-bond acceptors (Lipinski definition) is 5. The number of fused-ring (bicyclic) bond motifs is 1. The van der Waals surface area contributed by atoms with Crippen LogP contribution in [-0.2, 0) is 13.0 Å². The number of nitrogens with zero attached hydrogens (tertiary/aromatic N) is 5. The number of aryl methyl sites for hydroxylation is 1. The van der Waals surface area contributed by atoms with Gasteiger partial charge in [0.25, 0.3) is 0 Å². The molecule has 2 aliphatic rings. The van der Waals surface area contributed by atoms with Crippen molar-refractivity contribution >= 4 is 17.5 Å². The molecule has 3 heterocycles. The van der Waals surface area contributed by atoms with Crippen LogP contribution in [0.4, 0.5) is 16.3 Å². The molecule has 142 valence electrons. The van der Waals surface area contributed by atoms with Crippen molar-refractivity contribution in [3.63, 3.8) is 0 Å². The van der Waals surface area contributed by atoms with Crippen molar-refractivity contribution in [1.29, 1.82) is 0 Å². The van der Waals surface area contributed by atoms with E-state index < -0.39 is 0 Å². The van der Waals surface area contributed by atoms with Crippen LogP contribution in [0.1, 0.15) is 17.1 Å². The Morgan fingerprint density at radius 2 is 1.78 bits per heavy atom. The maximum absolute atomic E-state index is 12.7. The molecule has 0 unspecified atom stereocenters. The third kappa shape index (κ3) is 3.88. The summed E-state index contributed by atoms with van der Waals surface area (Å²) in [6, 6.07) is 9.51. The molecule has 4 rings (SSSR count). The highest BCUT2D eigenvalue weighted by Crippen LogP contribution is 2.27. The summed E-state index contributed by atoms with van der Waals surface area (Å²) in [7, 11) is 2.15. The smallest absolute Gasteiger partial charge is 0.322 e. The van der Waals surface area contributed by atoms with Crippen molar-refractivity contribution < 1.29 is 4.79 Å². The molecule has 0 aliphatic carbocycles. The largest absolute Gasteiger partial charge is 0.354 e. The Labute approximate surface area is 160 Å². The highest BCUT2D eigenvalue weighted by Gasteiger charge is 2.28. The van der Waals surface area contributed by atoms with Gasteiger partial charge in [0.15, 0.2) is 0 Å². The predicted molar refractivity (Wildman–Crippen MR) is 106 cm³/mol. The molecule has 27 heavy (non-hydrogen) atoms. The van der Waals surface area contributed by atoms with E-state index in [1.54, 1.807) is 0 Å². The molecular formula is C20H26N6O. The molecule has 1 aromatic heterocycles. The van der Waals surface area contributed by atoms with E-state index in [9.17, 15) is 4.79 Å². The van der Waals surface area contributed by atoms with Crippen LogP contribution < -0.4 is 10.2 Å². The zero-order chi connectivity index (χ0) is 18.8. The number of carbonyl (C=O) groups is 1. The van der Waals surface area contributed by atoms with E-state index in [1.165, 1.54) is 0 Å². The lowest BCUT2D eigenvalue weighted by atomic mass is 10.1. The normalized spacial score (nSPS) is 17.6. The van der Waals surface area contributed by atoms with Crippen LogP contribution in [0.5, 0.6) is 0 Å². The third-order valence-corrected chi connectivity index (χ3v) is 5.27. The van der Waals surface area contributed by atoms with E-state index in [4.69, 9.17) is 4.98 Å². The first kappa shape index (κ1) is 17.7. The Balaban J connectivity index is 1.55. The first-order valence-corrected chi connectivity index (χ1v) is 9.51. The van der Waals surface area contributed by atoms with Crippen LogP contribution in [0.25, 0.3) is 0 Å². The van der Waals surface area contributed by atoms with Gasteiger partial charge in [-0.15, -0.1) is 0 Å². The summed E-state index contributed by atoms with van der Waals surface area (Å²) in [6.07, 6.45) is 0.766. The SMILES string of the molecule is Cc1nc2c(c(N3CCN(C)CC3)n1)CN(C(=O)Nc1ccccc1)CC2. The van der Waals surface area contributed by atoms with Gasteiger partial charge in [-0.1, -0.05) is 18.2 Å². The first-order chi connectivity index (χ1) is 13.1. The number of para-hydroxylation sites is 1. The van der Waals surface area contributed by atoms with E-state index in [2.05, 4.69) is 27.1 Å². The fourth-order valence-corrected chi connectivity index (χ4v) is 3.69. The maximum atomic E-state index is 12.7. The Bertz CT molecular complexity index is 817. The minimum atomic E-state index is -0.0725. The Morgan fingerprint density at radius 3 is 2.52 bits per heavy atom. The zero-order valence-corrected chi connectivity index (χ0v) is 16.0. The molecule has 7 nitrogen and oxygen atoms in total. The number of likely N-dealkylation sites (N-methyl/N-ethyl adjacent to an activating group) is 1. The van der Waals surface area contributed by atoms with Gasteiger partial charge in [-0.25, -0.2) is 14.8 Å². The topological polar surface area (TPSA) is 64.6 Å². The van der Waals surface area contributed by atoms with Gasteiger partial charge in [0.1, 0.15) is 11.6 Å². The van der Waals surface area contributed by atoms with Crippen LogP contribution >= 0.6 is 0 Å². The van der Waals surface area contributed by atoms with Crippen LogP contribution in [0.2, 0.25) is 0 Å². The molecule has 0 bridgehead atoms. The third-order valence-electron chi connectivity index (χ3n) is 5.27. The minimum Gasteiger partial charge on any atom is -0.354 e. The monoisotopic (exact) mass is 366 g/mol. The Kier molecular flexibility index (Phi) is 4.94. The molecule has 2 amide bonds. The number of carbonyl (C=O) groups excluding carboxylic acids is 1. The van der Waals surface area contributed by atoms with E-state index in [0.29, 0.717) is 13.1 Å². The van der Waals surface area contributed by atoms with Crippen LogP contribution in [0.3, 0.4) is 0 Å². The number of rotatable bonds is 2. The molecule has 0 atom stereocenters. The lowest BCUT2D eigenvalue weighted by molar-refractivity contribution is 0.205. The molecular weight excluding hydrogens is 340 g/mol. The van der Waals surface area contributed by atoms with Gasteiger partial charge in [-0.2, -0.15) is 0 Å². The average molecular weight is 366 g/mol. The zero-order valence-electron chi connectivity index (χ0n) is 16.0. The summed E-state index contributed by atoms with van der Waals surface area (Å²) in [5, 5.41) is 2.98. The van der Waals surface area contributed by atoms with Crippen molar-refractivity contribution in [1.82, 2.24) is 19.8 Å². The number of nitrogens with one attached hydrogen (secondary N) is 1. The first-order valence-electron chi connectivity index (χ1n) is 9.51. The van der Waals surface area contributed by atoms with Gasteiger partial charge in [0.2, 0.25) is 0 Å². The van der Waals surface area contributed by atoms with Crippen molar-refractivity contribution in [2.45, 2.75) is 19.9 Å². The number of urea groups is 1. The fraction of sp³-hybridized carbons (Fsp3) is 0.450. The summed E-state index contributed by atoms with van der Waals surface area (Å²) in [6.45, 7) is 7.13. The molecule has 0 saturated carbocycles. The molecule has 0 spiro atoms. The maximum Gasteiger partial charge on any atom is 0.322 e. The lowest BCUT2D eigenvalue weighted by Gasteiger charge is -2.37. The number of benzene rings is 1. The number of piperazine rings is 1. The van der Waals surface area contributed by atoms with E-state index in [-0.39, 0.29) is 6.03 Å². The average Bonchev–Trinajstić information content (AvgIpc) is 2.68. The molecule has 1 fully saturated rings. The van der Waals surface area contributed by atoms with Crippen molar-refractivity contribution in [2.24, 2.45) is 0 Å². The van der Waals surface area contributed by atoms with Gasteiger partial charge in [0, 0.05) is 50.4 Å². The summed E-state index contributed by atoms with van der Waals surface area (Å²) in [5.74, 6) is 1.81. The summed E-state index contributed by atoms with van der Waals surface area (Å²) < 4.78 is 0. The van der Waals surface area contributed by atoms with Crippen LogP contribution in [0, 0.1) is 6.92 Å². The summed E-state index contributed by atoms with van der Waals surface area (Å²) in [4.78, 5) is 28.7. The van der Waals surface area contributed by atoms with Crippen molar-refractivity contribution in [2.75, 3.05) is 50.0 Å². The second-order valence-corrected chi connectivity index (χ2v) is 7.28. The Hall–Kier alpha value is -2.67. The van der Waals surface area contributed by atoms with Gasteiger partial charge in [-0.05, 0) is 26.1 Å². The highest BCUT2D eigenvalue weighted by atomic mass is 16.2. The number of hydrogen-bond donors (Lipinski definition) is 1. The van der Waals surface area contributed by atoms with E-state index in [0.717, 1.165) is 61.2 Å². The quantitative estimate of drug-likeness (QED) is 0.882. The van der Waals surface area contributed by atoms with Gasteiger partial charge in [0.05, 0.1) is 12.2 Å². The second kappa shape index (κ2) is 7.52. The molecule has 1 N–H and O–H groups in total. The molecule has 7 heteroatoms. The van der Waals surface area contributed by atoms with Gasteiger partial charge in [-0.3, -0.25) is 0 Å². The fourth-order valence-electron chi connectivity index (χ4n) is 3.69. The van der Waals surface area contributed by atoms with E-state index in [1.807, 2.05) is 42.2 Å². The molecule has 2 aromatic rings. The predicted octanol–water partition coefficient (Wildman–Crippen LogP) is 2.13.